The van der Waals surface area contributed by atoms with E-state index in [2.05, 4.69) is 48.4 Å². The third-order valence-electron chi connectivity index (χ3n) is 4.69. The molecule has 1 heterocycles. The van der Waals surface area contributed by atoms with Crippen molar-refractivity contribution in [2.24, 2.45) is 5.41 Å². The normalized spacial score (nSPS) is 25.3. The molecule has 1 nitrogen and oxygen atoms in total. The Morgan fingerprint density at radius 2 is 2.06 bits per heavy atom. The van der Waals surface area contributed by atoms with Crippen LogP contribution in [0.4, 0.5) is 0 Å². The number of benzene rings is 1. The van der Waals surface area contributed by atoms with Crippen molar-refractivity contribution in [2.75, 3.05) is 19.3 Å². The van der Waals surface area contributed by atoms with E-state index in [4.69, 9.17) is 0 Å². The molecule has 0 aromatic heterocycles. The first-order valence-corrected chi connectivity index (χ1v) is 8.18. The van der Waals surface area contributed by atoms with Crippen LogP contribution in [0.15, 0.2) is 29.2 Å². The van der Waals surface area contributed by atoms with Gasteiger partial charge in [0.1, 0.15) is 0 Å². The Bertz CT molecular complexity index is 409. The second-order valence-electron chi connectivity index (χ2n) is 5.99. The van der Waals surface area contributed by atoms with E-state index in [1.807, 2.05) is 0 Å². The predicted molar refractivity (Wildman–Crippen MR) is 79.4 cm³/mol. The summed E-state index contributed by atoms with van der Waals surface area (Å²) in [5.74, 6) is 2.09. The lowest BCUT2D eigenvalue weighted by atomic mass is 9.76. The Kier molecular flexibility index (Phi) is 3.67. The van der Waals surface area contributed by atoms with Crippen molar-refractivity contribution in [3.05, 3.63) is 29.8 Å². The lowest BCUT2D eigenvalue weighted by molar-refractivity contribution is 0.248. The zero-order chi connectivity index (χ0) is 12.4. The van der Waals surface area contributed by atoms with Crippen LogP contribution in [0.1, 0.15) is 43.6 Å². The zero-order valence-electron chi connectivity index (χ0n) is 11.2. The maximum atomic E-state index is 3.44. The van der Waals surface area contributed by atoms with Gasteiger partial charge in [-0.05, 0) is 49.3 Å². The SMILES string of the molecule is CNCC1(CC2CSc3ccccc32)CCCC1. The van der Waals surface area contributed by atoms with E-state index in [0.29, 0.717) is 5.41 Å². The topological polar surface area (TPSA) is 12.0 Å². The van der Waals surface area contributed by atoms with Gasteiger partial charge < -0.3 is 5.32 Å². The average molecular weight is 261 g/mol. The molecule has 0 radical (unpaired) electrons. The second kappa shape index (κ2) is 5.26. The summed E-state index contributed by atoms with van der Waals surface area (Å²) in [7, 11) is 2.11. The molecule has 98 valence electrons. The summed E-state index contributed by atoms with van der Waals surface area (Å²) in [4.78, 5) is 1.53. The molecule has 0 saturated heterocycles. The van der Waals surface area contributed by atoms with Crippen LogP contribution in [0.25, 0.3) is 0 Å². The molecule has 1 aliphatic heterocycles. The minimum atomic E-state index is 0.581. The summed E-state index contributed by atoms with van der Waals surface area (Å²) < 4.78 is 0. The van der Waals surface area contributed by atoms with E-state index >= 15 is 0 Å². The smallest absolute Gasteiger partial charge is 0.0107 e. The van der Waals surface area contributed by atoms with Gasteiger partial charge in [-0.1, -0.05) is 31.0 Å². The Morgan fingerprint density at radius 3 is 2.83 bits per heavy atom. The maximum Gasteiger partial charge on any atom is 0.0107 e. The molecule has 0 amide bonds. The van der Waals surface area contributed by atoms with Gasteiger partial charge in [-0.3, -0.25) is 0 Å². The fraction of sp³-hybridized carbons (Fsp3) is 0.625. The molecular weight excluding hydrogens is 238 g/mol. The summed E-state index contributed by atoms with van der Waals surface area (Å²) in [6.07, 6.45) is 7.11. The third-order valence-corrected chi connectivity index (χ3v) is 5.95. The predicted octanol–water partition coefficient (Wildman–Crippen LogP) is 4.05. The highest BCUT2D eigenvalue weighted by atomic mass is 32.2. The Morgan fingerprint density at radius 1 is 1.28 bits per heavy atom. The Balaban J connectivity index is 1.77. The van der Waals surface area contributed by atoms with Crippen molar-refractivity contribution in [2.45, 2.75) is 42.9 Å². The molecule has 1 N–H and O–H groups in total. The first-order chi connectivity index (χ1) is 8.83. The number of hydrogen-bond acceptors (Lipinski definition) is 2. The maximum absolute atomic E-state index is 3.44. The lowest BCUT2D eigenvalue weighted by Gasteiger charge is -2.31. The van der Waals surface area contributed by atoms with Crippen LogP contribution in [0.3, 0.4) is 0 Å². The molecule has 2 heteroatoms. The molecule has 3 rings (SSSR count). The van der Waals surface area contributed by atoms with Gasteiger partial charge in [0.15, 0.2) is 0 Å². The molecule has 1 fully saturated rings. The van der Waals surface area contributed by atoms with E-state index in [-0.39, 0.29) is 0 Å². The van der Waals surface area contributed by atoms with Crippen LogP contribution in [-0.4, -0.2) is 19.3 Å². The first-order valence-electron chi connectivity index (χ1n) is 7.19. The van der Waals surface area contributed by atoms with Crippen LogP contribution < -0.4 is 5.32 Å². The highest BCUT2D eigenvalue weighted by Gasteiger charge is 2.37. The lowest BCUT2D eigenvalue weighted by Crippen LogP contribution is -2.31. The number of rotatable bonds is 4. The van der Waals surface area contributed by atoms with Crippen LogP contribution in [-0.2, 0) is 0 Å². The van der Waals surface area contributed by atoms with Gasteiger partial charge in [0.05, 0.1) is 0 Å². The molecular formula is C16H23NS. The van der Waals surface area contributed by atoms with Gasteiger partial charge in [-0.15, -0.1) is 11.8 Å². The molecule has 1 saturated carbocycles. The zero-order valence-corrected chi connectivity index (χ0v) is 12.1. The van der Waals surface area contributed by atoms with E-state index in [1.54, 1.807) is 5.56 Å². The number of thioether (sulfide) groups is 1. The minimum absolute atomic E-state index is 0.581. The van der Waals surface area contributed by atoms with Crippen molar-refractivity contribution in [1.82, 2.24) is 5.32 Å². The largest absolute Gasteiger partial charge is 0.319 e. The fourth-order valence-corrected chi connectivity index (χ4v) is 5.13. The Labute approximate surface area is 115 Å². The standard InChI is InChI=1S/C16H23NS/c1-17-12-16(8-4-5-9-16)10-13-11-18-15-7-3-2-6-14(13)15/h2-3,6-7,13,17H,4-5,8-12H2,1H3. The van der Waals surface area contributed by atoms with Gasteiger partial charge in [0.2, 0.25) is 0 Å². The molecule has 18 heavy (non-hydrogen) atoms. The fourth-order valence-electron chi connectivity index (χ4n) is 3.87. The molecule has 1 aromatic rings. The summed E-state index contributed by atoms with van der Waals surface area (Å²) in [5.41, 5.74) is 2.20. The highest BCUT2D eigenvalue weighted by molar-refractivity contribution is 7.99. The van der Waals surface area contributed by atoms with Gasteiger partial charge in [0.25, 0.3) is 0 Å². The highest BCUT2D eigenvalue weighted by Crippen LogP contribution is 2.49. The average Bonchev–Trinajstić information content (AvgIpc) is 2.99. The summed E-state index contributed by atoms with van der Waals surface area (Å²) in [6.45, 7) is 1.20. The van der Waals surface area contributed by atoms with Gasteiger partial charge in [-0.25, -0.2) is 0 Å². The van der Waals surface area contributed by atoms with Gasteiger partial charge in [-0.2, -0.15) is 0 Å². The molecule has 1 aliphatic carbocycles. The van der Waals surface area contributed by atoms with E-state index in [9.17, 15) is 0 Å². The number of fused-ring (bicyclic) bond motifs is 1. The molecule has 0 spiro atoms. The van der Waals surface area contributed by atoms with Gasteiger partial charge in [0, 0.05) is 17.2 Å². The minimum Gasteiger partial charge on any atom is -0.319 e. The summed E-state index contributed by atoms with van der Waals surface area (Å²) in [5, 5.41) is 3.44. The van der Waals surface area contributed by atoms with Crippen molar-refractivity contribution >= 4 is 11.8 Å². The monoisotopic (exact) mass is 261 g/mol. The number of hydrogen-bond donors (Lipinski definition) is 1. The quantitative estimate of drug-likeness (QED) is 0.877. The molecule has 1 atom stereocenters. The van der Waals surface area contributed by atoms with E-state index in [0.717, 1.165) is 5.92 Å². The molecule has 2 aliphatic rings. The molecule has 1 aromatic carbocycles. The van der Waals surface area contributed by atoms with Gasteiger partial charge >= 0.3 is 0 Å². The van der Waals surface area contributed by atoms with Crippen molar-refractivity contribution in [1.29, 1.82) is 0 Å². The third kappa shape index (κ3) is 2.33. The van der Waals surface area contributed by atoms with Crippen molar-refractivity contribution in [3.63, 3.8) is 0 Å². The summed E-state index contributed by atoms with van der Waals surface area (Å²) in [6, 6.07) is 9.02. The van der Waals surface area contributed by atoms with Crippen LogP contribution in [0, 0.1) is 5.41 Å². The molecule has 1 unspecified atom stereocenters. The van der Waals surface area contributed by atoms with Crippen LogP contribution in [0.2, 0.25) is 0 Å². The van der Waals surface area contributed by atoms with Crippen LogP contribution >= 0.6 is 11.8 Å². The van der Waals surface area contributed by atoms with Crippen molar-refractivity contribution < 1.29 is 0 Å². The first kappa shape index (κ1) is 12.6. The van der Waals surface area contributed by atoms with E-state index < -0.39 is 0 Å². The molecule has 0 bridgehead atoms. The van der Waals surface area contributed by atoms with Crippen LogP contribution in [0.5, 0.6) is 0 Å². The second-order valence-corrected chi connectivity index (χ2v) is 7.05. The van der Waals surface area contributed by atoms with E-state index in [1.165, 1.54) is 49.3 Å². The Hall–Kier alpha value is -0.470. The van der Waals surface area contributed by atoms with Crippen molar-refractivity contribution in [3.8, 4) is 0 Å². The number of nitrogens with one attached hydrogen (secondary N) is 1. The summed E-state index contributed by atoms with van der Waals surface area (Å²) >= 11 is 2.06.